The second-order valence-electron chi connectivity index (χ2n) is 9.03. The van der Waals surface area contributed by atoms with E-state index >= 15 is 0 Å². The van der Waals surface area contributed by atoms with Crippen LogP contribution in [0.2, 0.25) is 0 Å². The van der Waals surface area contributed by atoms with Gasteiger partial charge in [0.15, 0.2) is 0 Å². The molecule has 0 amide bonds. The van der Waals surface area contributed by atoms with Gasteiger partial charge in [-0.25, -0.2) is 4.90 Å². The number of benzene rings is 2. The van der Waals surface area contributed by atoms with Crippen LogP contribution < -0.4 is 15.4 Å². The molecule has 0 bridgehead atoms. The Morgan fingerprint density at radius 3 is 2.67 bits per heavy atom. The number of fused-ring (bicyclic) bond motifs is 1. The number of nitrogens with zero attached hydrogens (tertiary/aromatic N) is 3. The molecule has 2 heterocycles. The molecule has 0 radical (unpaired) electrons. The molecule has 1 aliphatic heterocycles. The summed E-state index contributed by atoms with van der Waals surface area (Å²) in [6, 6.07) is 16.2. The Morgan fingerprint density at radius 2 is 1.94 bits per heavy atom. The van der Waals surface area contributed by atoms with Crippen LogP contribution in [0, 0.1) is 5.92 Å². The van der Waals surface area contributed by atoms with Crippen LogP contribution in [0.1, 0.15) is 38.2 Å². The summed E-state index contributed by atoms with van der Waals surface area (Å²) in [6.07, 6.45) is 6.04. The van der Waals surface area contributed by atoms with E-state index in [4.69, 9.17) is 14.9 Å². The number of hydrogen-bond donors (Lipinski definition) is 1. The number of likely N-dealkylation sites (tertiary alicyclic amines) is 1. The lowest BCUT2D eigenvalue weighted by atomic mass is 9.99. The Balaban J connectivity index is 1.51. The highest BCUT2D eigenvalue weighted by atomic mass is 16.5. The second-order valence-corrected chi connectivity index (χ2v) is 9.03. The van der Waals surface area contributed by atoms with E-state index < -0.39 is 0 Å². The summed E-state index contributed by atoms with van der Waals surface area (Å²) in [7, 11) is 3.36. The molecule has 4 rings (SSSR count). The Hall–Kier alpha value is -2.99. The van der Waals surface area contributed by atoms with E-state index in [1.54, 1.807) is 14.2 Å². The van der Waals surface area contributed by atoms with E-state index in [1.165, 1.54) is 44.5 Å². The molecule has 0 atom stereocenters. The molecule has 6 heteroatoms. The van der Waals surface area contributed by atoms with Crippen LogP contribution in [-0.4, -0.2) is 44.7 Å². The molecular formula is C27H36N4O2. The zero-order valence-corrected chi connectivity index (χ0v) is 20.1. The van der Waals surface area contributed by atoms with Crippen molar-refractivity contribution in [2.45, 2.75) is 39.0 Å². The van der Waals surface area contributed by atoms with Crippen LogP contribution in [0.4, 0.5) is 11.6 Å². The topological polar surface area (TPSA) is 67.2 Å². The summed E-state index contributed by atoms with van der Waals surface area (Å²) < 4.78 is 11.8. The van der Waals surface area contributed by atoms with E-state index in [-0.39, 0.29) is 0 Å². The maximum atomic E-state index is 6.35. The average Bonchev–Trinajstić information content (AvgIpc) is 3.26. The van der Waals surface area contributed by atoms with Gasteiger partial charge in [0.05, 0.1) is 12.8 Å². The number of piperidine rings is 1. The van der Waals surface area contributed by atoms with Gasteiger partial charge in [0.1, 0.15) is 11.3 Å². The summed E-state index contributed by atoms with van der Waals surface area (Å²) in [5.41, 5.74) is 9.24. The van der Waals surface area contributed by atoms with Crippen LogP contribution in [0.25, 0.3) is 11.0 Å². The highest BCUT2D eigenvalue weighted by Crippen LogP contribution is 2.37. The minimum Gasteiger partial charge on any atom is -0.495 e. The Bertz CT molecular complexity index is 1050. The highest BCUT2D eigenvalue weighted by Gasteiger charge is 2.22. The van der Waals surface area contributed by atoms with Crippen molar-refractivity contribution in [1.29, 1.82) is 0 Å². The summed E-state index contributed by atoms with van der Waals surface area (Å²) >= 11 is 0. The predicted octanol–water partition coefficient (Wildman–Crippen LogP) is 5.58. The third-order valence-electron chi connectivity index (χ3n) is 6.64. The standard InChI is InChI=1S/C27H36N4O2/c1-20-13-16-30(17-14-20)15-7-6-8-21-11-12-25(32-3)23(18-21)31(27(28)29-2)26-19-22-9-4-5-10-24(22)33-26/h4-5,9-12,18-20H,6-8,13-17H2,1-3H3,(H2,28,29). The number of nitrogens with two attached hydrogens (primary N) is 1. The number of aryl methyl sites for hydroxylation is 1. The largest absolute Gasteiger partial charge is 0.495 e. The van der Waals surface area contributed by atoms with Crippen LogP contribution in [0.5, 0.6) is 5.75 Å². The van der Waals surface area contributed by atoms with Gasteiger partial charge in [-0.1, -0.05) is 31.2 Å². The van der Waals surface area contributed by atoms with Gasteiger partial charge in [-0.3, -0.25) is 4.99 Å². The number of ether oxygens (including phenoxy) is 1. The van der Waals surface area contributed by atoms with Crippen molar-refractivity contribution in [3.05, 3.63) is 54.1 Å². The van der Waals surface area contributed by atoms with Gasteiger partial charge in [0, 0.05) is 18.5 Å². The van der Waals surface area contributed by atoms with Gasteiger partial charge >= 0.3 is 0 Å². The molecule has 1 aliphatic rings. The van der Waals surface area contributed by atoms with Crippen molar-refractivity contribution in [3.63, 3.8) is 0 Å². The molecule has 6 nitrogen and oxygen atoms in total. The first-order chi connectivity index (χ1) is 16.1. The monoisotopic (exact) mass is 448 g/mol. The van der Waals surface area contributed by atoms with E-state index in [0.29, 0.717) is 11.8 Å². The Kier molecular flexibility index (Phi) is 7.55. The van der Waals surface area contributed by atoms with Crippen LogP contribution in [-0.2, 0) is 6.42 Å². The van der Waals surface area contributed by atoms with Crippen molar-refractivity contribution in [3.8, 4) is 5.75 Å². The summed E-state index contributed by atoms with van der Waals surface area (Å²) in [5.74, 6) is 2.58. The Labute approximate surface area is 197 Å². The number of methoxy groups -OCH3 is 1. The molecule has 0 saturated carbocycles. The summed E-state index contributed by atoms with van der Waals surface area (Å²) in [4.78, 5) is 8.69. The molecule has 3 aromatic rings. The van der Waals surface area contributed by atoms with Gasteiger partial charge < -0.3 is 19.8 Å². The number of unbranched alkanes of at least 4 members (excludes halogenated alkanes) is 1. The van der Waals surface area contributed by atoms with Crippen molar-refractivity contribution < 1.29 is 9.15 Å². The first-order valence-corrected chi connectivity index (χ1v) is 12.0. The van der Waals surface area contributed by atoms with Gasteiger partial charge in [0.25, 0.3) is 0 Å². The summed E-state index contributed by atoms with van der Waals surface area (Å²) in [5, 5.41) is 1.02. The number of anilines is 2. The van der Waals surface area contributed by atoms with E-state index in [2.05, 4.69) is 28.9 Å². The molecule has 33 heavy (non-hydrogen) atoms. The number of furan rings is 1. The second kappa shape index (κ2) is 10.8. The highest BCUT2D eigenvalue weighted by molar-refractivity contribution is 6.03. The molecule has 2 aromatic carbocycles. The Morgan fingerprint density at radius 1 is 1.15 bits per heavy atom. The molecule has 0 unspecified atom stereocenters. The van der Waals surface area contributed by atoms with E-state index in [0.717, 1.165) is 41.2 Å². The quantitative estimate of drug-likeness (QED) is 0.277. The van der Waals surface area contributed by atoms with Crippen molar-refractivity contribution in [1.82, 2.24) is 4.90 Å². The molecule has 2 N–H and O–H groups in total. The normalized spacial score (nSPS) is 15.8. The first-order valence-electron chi connectivity index (χ1n) is 12.0. The summed E-state index contributed by atoms with van der Waals surface area (Å²) in [6.45, 7) is 6.05. The average molecular weight is 449 g/mol. The van der Waals surface area contributed by atoms with Crippen LogP contribution in [0.3, 0.4) is 0 Å². The number of para-hydroxylation sites is 1. The molecule has 1 aromatic heterocycles. The lowest BCUT2D eigenvalue weighted by Crippen LogP contribution is -2.33. The van der Waals surface area contributed by atoms with Crippen molar-refractivity contribution >= 4 is 28.5 Å². The fraction of sp³-hybridized carbons (Fsp3) is 0.444. The fourth-order valence-electron chi connectivity index (χ4n) is 4.55. The maximum Gasteiger partial charge on any atom is 0.208 e. The maximum absolute atomic E-state index is 6.35. The zero-order chi connectivity index (χ0) is 23.2. The van der Waals surface area contributed by atoms with Gasteiger partial charge in [-0.15, -0.1) is 0 Å². The lowest BCUT2D eigenvalue weighted by molar-refractivity contribution is 0.189. The molecular weight excluding hydrogens is 412 g/mol. The van der Waals surface area contributed by atoms with Crippen LogP contribution in [0.15, 0.2) is 57.9 Å². The third kappa shape index (κ3) is 5.50. The lowest BCUT2D eigenvalue weighted by Gasteiger charge is -2.30. The van der Waals surface area contributed by atoms with Gasteiger partial charge in [-0.2, -0.15) is 0 Å². The molecule has 176 valence electrons. The first kappa shape index (κ1) is 23.2. The van der Waals surface area contributed by atoms with Crippen LogP contribution >= 0.6 is 0 Å². The molecule has 0 aliphatic carbocycles. The number of guanidine groups is 1. The smallest absolute Gasteiger partial charge is 0.208 e. The number of rotatable bonds is 8. The third-order valence-corrected chi connectivity index (χ3v) is 6.64. The number of aliphatic imine (C=N–C) groups is 1. The minimum atomic E-state index is 0.351. The van der Waals surface area contributed by atoms with E-state index in [9.17, 15) is 0 Å². The number of hydrogen-bond acceptors (Lipinski definition) is 4. The minimum absolute atomic E-state index is 0.351. The van der Waals surface area contributed by atoms with Crippen molar-refractivity contribution in [2.75, 3.05) is 38.7 Å². The fourth-order valence-corrected chi connectivity index (χ4v) is 4.55. The van der Waals surface area contributed by atoms with Gasteiger partial charge in [-0.05, 0) is 81.4 Å². The van der Waals surface area contributed by atoms with Gasteiger partial charge in [0.2, 0.25) is 11.8 Å². The van der Waals surface area contributed by atoms with Crippen molar-refractivity contribution in [2.24, 2.45) is 16.6 Å². The molecule has 1 saturated heterocycles. The zero-order valence-electron chi connectivity index (χ0n) is 20.1. The SMILES string of the molecule is CN=C(N)N(c1cc2ccccc2o1)c1cc(CCCCN2CCC(C)CC2)ccc1OC. The molecule has 1 fully saturated rings. The molecule has 0 spiro atoms. The predicted molar refractivity (Wildman–Crippen MR) is 137 cm³/mol. The van der Waals surface area contributed by atoms with E-state index in [1.807, 2.05) is 41.3 Å².